The first kappa shape index (κ1) is 14.8. The Kier molecular flexibility index (Phi) is 5.77. The van der Waals surface area contributed by atoms with E-state index in [2.05, 4.69) is 15.9 Å². The highest BCUT2D eigenvalue weighted by atomic mass is 79.9. The molecule has 0 unspecified atom stereocenters. The van der Waals surface area contributed by atoms with Crippen LogP contribution >= 0.6 is 27.5 Å². The molecular formula is C13H18BrClO2. The van der Waals surface area contributed by atoms with Crippen LogP contribution in [0.3, 0.4) is 0 Å². The van der Waals surface area contributed by atoms with Crippen LogP contribution in [0, 0.1) is 0 Å². The minimum Gasteiger partial charge on any atom is -0.490 e. The van der Waals surface area contributed by atoms with Crippen molar-refractivity contribution in [1.82, 2.24) is 0 Å². The van der Waals surface area contributed by atoms with Gasteiger partial charge >= 0.3 is 0 Å². The number of hydrogen-bond donors (Lipinski definition) is 0. The molecule has 0 aliphatic carbocycles. The van der Waals surface area contributed by atoms with E-state index in [1.54, 1.807) is 0 Å². The van der Waals surface area contributed by atoms with Crippen molar-refractivity contribution in [3.05, 3.63) is 28.8 Å². The Hall–Kier alpha value is -0.250. The lowest BCUT2D eigenvalue weighted by Gasteiger charge is -2.19. The summed E-state index contributed by atoms with van der Waals surface area (Å²) in [5.41, 5.74) is 1.00. The van der Waals surface area contributed by atoms with Crippen LogP contribution in [0.4, 0.5) is 0 Å². The first-order valence-corrected chi connectivity index (χ1v) is 7.03. The van der Waals surface area contributed by atoms with Crippen LogP contribution in [0.15, 0.2) is 18.2 Å². The molecule has 1 aromatic rings. The number of rotatable bonds is 5. The average Bonchev–Trinajstić information content (AvgIpc) is 2.24. The van der Waals surface area contributed by atoms with Crippen molar-refractivity contribution >= 4 is 27.5 Å². The minimum atomic E-state index is -0.132. The highest BCUT2D eigenvalue weighted by Gasteiger charge is 2.09. The fourth-order valence-electron chi connectivity index (χ4n) is 1.24. The molecular weight excluding hydrogens is 303 g/mol. The fraction of sp³-hybridized carbons (Fsp3) is 0.538. The van der Waals surface area contributed by atoms with Crippen molar-refractivity contribution < 1.29 is 9.47 Å². The van der Waals surface area contributed by atoms with Crippen molar-refractivity contribution in [2.75, 3.05) is 13.2 Å². The van der Waals surface area contributed by atoms with Crippen LogP contribution in [-0.2, 0) is 10.1 Å². The van der Waals surface area contributed by atoms with Gasteiger partial charge in [0.25, 0.3) is 0 Å². The van der Waals surface area contributed by atoms with Gasteiger partial charge in [0.1, 0.15) is 12.4 Å². The lowest BCUT2D eigenvalue weighted by atomic mass is 10.2. The maximum absolute atomic E-state index is 6.09. The molecule has 0 aromatic heterocycles. The monoisotopic (exact) mass is 320 g/mol. The lowest BCUT2D eigenvalue weighted by Crippen LogP contribution is -2.22. The van der Waals surface area contributed by atoms with E-state index in [0.717, 1.165) is 10.9 Å². The minimum absolute atomic E-state index is 0.132. The Labute approximate surface area is 116 Å². The molecule has 0 aliphatic heterocycles. The summed E-state index contributed by atoms with van der Waals surface area (Å²) in [6.07, 6.45) is 0. The maximum atomic E-state index is 6.09. The van der Waals surface area contributed by atoms with Gasteiger partial charge in [-0.2, -0.15) is 0 Å². The zero-order chi connectivity index (χ0) is 12.9. The van der Waals surface area contributed by atoms with E-state index in [1.165, 1.54) is 0 Å². The molecule has 0 atom stereocenters. The third kappa shape index (κ3) is 5.75. The van der Waals surface area contributed by atoms with Crippen LogP contribution in [0.2, 0.25) is 5.02 Å². The molecule has 0 saturated carbocycles. The molecule has 96 valence electrons. The molecule has 0 fully saturated rings. The molecule has 1 rings (SSSR count). The number of benzene rings is 1. The van der Waals surface area contributed by atoms with Crippen LogP contribution in [0.1, 0.15) is 26.3 Å². The van der Waals surface area contributed by atoms with Crippen molar-refractivity contribution in [1.29, 1.82) is 0 Å². The number of ether oxygens (including phenoxy) is 2. The molecule has 0 radical (unpaired) electrons. The topological polar surface area (TPSA) is 18.5 Å². The summed E-state index contributed by atoms with van der Waals surface area (Å²) in [4.78, 5) is 0. The summed E-state index contributed by atoms with van der Waals surface area (Å²) in [6.45, 7) is 7.12. The van der Waals surface area contributed by atoms with Crippen LogP contribution in [0.5, 0.6) is 5.75 Å². The van der Waals surface area contributed by atoms with Gasteiger partial charge in [-0.15, -0.1) is 0 Å². The Bertz CT molecular complexity index is 361. The molecule has 0 saturated heterocycles. The van der Waals surface area contributed by atoms with Crippen molar-refractivity contribution in [3.63, 3.8) is 0 Å². The van der Waals surface area contributed by atoms with E-state index in [9.17, 15) is 0 Å². The maximum Gasteiger partial charge on any atom is 0.138 e. The summed E-state index contributed by atoms with van der Waals surface area (Å²) in [6, 6.07) is 5.77. The number of hydrogen-bond acceptors (Lipinski definition) is 2. The van der Waals surface area contributed by atoms with Gasteiger partial charge in [0.2, 0.25) is 0 Å². The summed E-state index contributed by atoms with van der Waals surface area (Å²) in [5, 5.41) is 1.43. The van der Waals surface area contributed by atoms with Gasteiger partial charge in [-0.1, -0.05) is 33.6 Å². The molecule has 0 spiro atoms. The van der Waals surface area contributed by atoms with Crippen molar-refractivity contribution in [3.8, 4) is 5.75 Å². The molecule has 0 heterocycles. The van der Waals surface area contributed by atoms with E-state index in [-0.39, 0.29) is 5.60 Å². The molecule has 1 aromatic carbocycles. The van der Waals surface area contributed by atoms with Crippen LogP contribution < -0.4 is 4.74 Å². The van der Waals surface area contributed by atoms with E-state index in [0.29, 0.717) is 24.0 Å². The van der Waals surface area contributed by atoms with Crippen molar-refractivity contribution in [2.24, 2.45) is 0 Å². The lowest BCUT2D eigenvalue weighted by molar-refractivity contribution is -0.0162. The predicted molar refractivity (Wildman–Crippen MR) is 75.3 cm³/mol. The molecule has 2 nitrogen and oxygen atoms in total. The molecule has 0 amide bonds. The summed E-state index contributed by atoms with van der Waals surface area (Å²) in [7, 11) is 0. The van der Waals surface area contributed by atoms with Crippen LogP contribution in [-0.4, -0.2) is 18.8 Å². The SMILES string of the molecule is CC(C)(C)OCCOc1ccc(CBr)cc1Cl. The highest BCUT2D eigenvalue weighted by Crippen LogP contribution is 2.26. The second-order valence-corrected chi connectivity index (χ2v) is 5.68. The van der Waals surface area contributed by atoms with Gasteiger partial charge in [0, 0.05) is 5.33 Å². The number of alkyl halides is 1. The van der Waals surface area contributed by atoms with E-state index < -0.39 is 0 Å². The fourth-order valence-corrected chi connectivity index (χ4v) is 1.85. The molecule has 0 N–H and O–H groups in total. The quantitative estimate of drug-likeness (QED) is 0.590. The molecule has 17 heavy (non-hydrogen) atoms. The first-order chi connectivity index (χ1) is 7.92. The predicted octanol–water partition coefficient (Wildman–Crippen LogP) is 4.43. The Morgan fingerprint density at radius 1 is 1.24 bits per heavy atom. The zero-order valence-electron chi connectivity index (χ0n) is 10.4. The normalized spacial score (nSPS) is 11.6. The Morgan fingerprint density at radius 3 is 2.47 bits per heavy atom. The second kappa shape index (κ2) is 6.62. The third-order valence-electron chi connectivity index (χ3n) is 2.03. The molecule has 4 heteroatoms. The third-order valence-corrected chi connectivity index (χ3v) is 2.97. The Morgan fingerprint density at radius 2 is 1.94 bits per heavy atom. The van der Waals surface area contributed by atoms with Crippen molar-refractivity contribution in [2.45, 2.75) is 31.7 Å². The summed E-state index contributed by atoms with van der Waals surface area (Å²) >= 11 is 9.47. The number of halogens is 2. The standard InChI is InChI=1S/C13H18BrClO2/c1-13(2,3)17-7-6-16-12-5-4-10(9-14)8-11(12)15/h4-5,8H,6-7,9H2,1-3H3. The van der Waals surface area contributed by atoms with Gasteiger partial charge in [-0.25, -0.2) is 0 Å². The average molecular weight is 322 g/mol. The van der Waals surface area contributed by atoms with Gasteiger partial charge in [0.15, 0.2) is 0 Å². The van der Waals surface area contributed by atoms with Gasteiger partial charge < -0.3 is 9.47 Å². The van der Waals surface area contributed by atoms with Gasteiger partial charge in [0.05, 0.1) is 17.2 Å². The van der Waals surface area contributed by atoms with Crippen LogP contribution in [0.25, 0.3) is 0 Å². The summed E-state index contributed by atoms with van der Waals surface area (Å²) < 4.78 is 11.1. The highest BCUT2D eigenvalue weighted by molar-refractivity contribution is 9.08. The smallest absolute Gasteiger partial charge is 0.138 e. The van der Waals surface area contributed by atoms with Gasteiger partial charge in [-0.3, -0.25) is 0 Å². The van der Waals surface area contributed by atoms with Gasteiger partial charge in [-0.05, 0) is 38.5 Å². The van der Waals surface area contributed by atoms with E-state index in [4.69, 9.17) is 21.1 Å². The first-order valence-electron chi connectivity index (χ1n) is 5.53. The summed E-state index contributed by atoms with van der Waals surface area (Å²) in [5.74, 6) is 0.703. The Balaban J connectivity index is 2.42. The van der Waals surface area contributed by atoms with E-state index >= 15 is 0 Å². The van der Waals surface area contributed by atoms with E-state index in [1.807, 2.05) is 39.0 Å². The largest absolute Gasteiger partial charge is 0.490 e. The molecule has 0 bridgehead atoms. The zero-order valence-corrected chi connectivity index (χ0v) is 12.8. The second-order valence-electron chi connectivity index (χ2n) is 4.71. The molecule has 0 aliphatic rings.